The lowest BCUT2D eigenvalue weighted by Crippen LogP contribution is -2.13. The average molecular weight is 364 g/mol. The molecule has 0 atom stereocenters. The third-order valence-electron chi connectivity index (χ3n) is 3.36. The number of nitrogens with one attached hydrogen (secondary N) is 1. The third-order valence-corrected chi connectivity index (χ3v) is 3.65. The number of esters is 1. The van der Waals surface area contributed by atoms with Gasteiger partial charge in [-0.3, -0.25) is 9.59 Å². The van der Waals surface area contributed by atoms with Gasteiger partial charge in [0, 0.05) is 24.1 Å². The van der Waals surface area contributed by atoms with Gasteiger partial charge < -0.3 is 19.5 Å². The summed E-state index contributed by atoms with van der Waals surface area (Å²) in [6.45, 7) is 1.71. The van der Waals surface area contributed by atoms with E-state index in [2.05, 4.69) is 5.32 Å². The van der Waals surface area contributed by atoms with E-state index in [0.29, 0.717) is 33.5 Å². The molecule has 7 heteroatoms. The summed E-state index contributed by atoms with van der Waals surface area (Å²) in [7, 11) is 2.96. The number of ether oxygens (including phenoxy) is 3. The van der Waals surface area contributed by atoms with Crippen molar-refractivity contribution >= 4 is 29.2 Å². The molecule has 2 aromatic rings. The second-order valence-corrected chi connectivity index (χ2v) is 5.40. The minimum Gasteiger partial charge on any atom is -0.495 e. The Labute approximate surface area is 150 Å². The third kappa shape index (κ3) is 4.64. The highest BCUT2D eigenvalue weighted by molar-refractivity contribution is 6.32. The van der Waals surface area contributed by atoms with Crippen LogP contribution in [0.1, 0.15) is 23.7 Å². The number of halogens is 1. The van der Waals surface area contributed by atoms with Crippen molar-refractivity contribution in [2.75, 3.05) is 19.5 Å². The Morgan fingerprint density at radius 1 is 1.04 bits per heavy atom. The SMILES string of the molecule is CCC(=O)Oc1ccc(C(=O)Nc2cc(OC)c(Cl)cc2OC)cc1. The van der Waals surface area contributed by atoms with Crippen LogP contribution < -0.4 is 19.5 Å². The molecule has 1 N–H and O–H groups in total. The second-order valence-electron chi connectivity index (χ2n) is 4.99. The molecule has 2 rings (SSSR count). The first kappa shape index (κ1) is 18.6. The molecule has 0 aliphatic carbocycles. The molecule has 0 bridgehead atoms. The summed E-state index contributed by atoms with van der Waals surface area (Å²) >= 11 is 6.05. The number of rotatable bonds is 6. The van der Waals surface area contributed by atoms with Crippen molar-refractivity contribution in [2.24, 2.45) is 0 Å². The Hall–Kier alpha value is -2.73. The fourth-order valence-corrected chi connectivity index (χ4v) is 2.26. The highest BCUT2D eigenvalue weighted by atomic mass is 35.5. The van der Waals surface area contributed by atoms with Gasteiger partial charge in [-0.1, -0.05) is 18.5 Å². The summed E-state index contributed by atoms with van der Waals surface area (Å²) in [5, 5.41) is 3.12. The number of hydrogen-bond donors (Lipinski definition) is 1. The quantitative estimate of drug-likeness (QED) is 0.622. The van der Waals surface area contributed by atoms with E-state index in [1.807, 2.05) is 0 Å². The van der Waals surface area contributed by atoms with Gasteiger partial charge in [0.15, 0.2) is 0 Å². The first-order valence-corrected chi connectivity index (χ1v) is 7.89. The topological polar surface area (TPSA) is 73.9 Å². The van der Waals surface area contributed by atoms with Crippen molar-refractivity contribution in [1.29, 1.82) is 0 Å². The molecule has 0 unspecified atom stereocenters. The number of methoxy groups -OCH3 is 2. The van der Waals surface area contributed by atoms with Crippen molar-refractivity contribution in [2.45, 2.75) is 13.3 Å². The van der Waals surface area contributed by atoms with Crippen LogP contribution in [0.25, 0.3) is 0 Å². The Bertz CT molecular complexity index is 774. The van der Waals surface area contributed by atoms with Gasteiger partial charge in [-0.25, -0.2) is 0 Å². The molecule has 0 aromatic heterocycles. The largest absolute Gasteiger partial charge is 0.495 e. The molecule has 0 saturated carbocycles. The summed E-state index contributed by atoms with van der Waals surface area (Å²) in [5.74, 6) is 0.521. The average Bonchev–Trinajstić information content (AvgIpc) is 2.63. The highest BCUT2D eigenvalue weighted by Crippen LogP contribution is 2.36. The van der Waals surface area contributed by atoms with Gasteiger partial charge in [0.05, 0.1) is 24.9 Å². The molecule has 1 amide bonds. The van der Waals surface area contributed by atoms with E-state index in [4.69, 9.17) is 25.8 Å². The lowest BCUT2D eigenvalue weighted by molar-refractivity contribution is -0.134. The predicted molar refractivity (Wildman–Crippen MR) is 94.9 cm³/mol. The number of carbonyl (C=O) groups is 2. The monoisotopic (exact) mass is 363 g/mol. The minimum atomic E-state index is -0.351. The number of amides is 1. The van der Waals surface area contributed by atoms with Crippen LogP contribution in [0.2, 0.25) is 5.02 Å². The number of hydrogen-bond acceptors (Lipinski definition) is 5. The van der Waals surface area contributed by atoms with Crippen LogP contribution in [0.4, 0.5) is 5.69 Å². The van der Waals surface area contributed by atoms with Gasteiger partial charge in [-0.2, -0.15) is 0 Å². The fourth-order valence-electron chi connectivity index (χ4n) is 2.03. The van der Waals surface area contributed by atoms with Crippen molar-refractivity contribution in [1.82, 2.24) is 0 Å². The van der Waals surface area contributed by atoms with Crippen LogP contribution in [0.15, 0.2) is 36.4 Å². The number of anilines is 1. The Morgan fingerprint density at radius 2 is 1.68 bits per heavy atom. The lowest BCUT2D eigenvalue weighted by atomic mass is 10.2. The molecular formula is C18H18ClNO5. The molecule has 0 aliphatic heterocycles. The second kappa shape index (κ2) is 8.39. The molecule has 6 nitrogen and oxygen atoms in total. The predicted octanol–water partition coefficient (Wildman–Crippen LogP) is 3.92. The zero-order chi connectivity index (χ0) is 18.4. The highest BCUT2D eigenvalue weighted by Gasteiger charge is 2.14. The summed E-state index contributed by atoms with van der Waals surface area (Å²) in [4.78, 5) is 23.7. The van der Waals surface area contributed by atoms with E-state index in [9.17, 15) is 9.59 Å². The molecule has 0 radical (unpaired) electrons. The van der Waals surface area contributed by atoms with Crippen LogP contribution in [0, 0.1) is 0 Å². The molecule has 0 saturated heterocycles. The first-order chi connectivity index (χ1) is 12.0. The lowest BCUT2D eigenvalue weighted by Gasteiger charge is -2.13. The van der Waals surface area contributed by atoms with Crippen LogP contribution in [0.3, 0.4) is 0 Å². The summed E-state index contributed by atoms with van der Waals surface area (Å²) < 4.78 is 15.4. The van der Waals surface area contributed by atoms with Gasteiger partial charge >= 0.3 is 5.97 Å². The van der Waals surface area contributed by atoms with E-state index in [-0.39, 0.29) is 18.3 Å². The maximum Gasteiger partial charge on any atom is 0.310 e. The molecule has 25 heavy (non-hydrogen) atoms. The van der Waals surface area contributed by atoms with Gasteiger partial charge in [-0.05, 0) is 24.3 Å². The normalized spacial score (nSPS) is 10.1. The Balaban J connectivity index is 2.18. The van der Waals surface area contributed by atoms with Gasteiger partial charge in [-0.15, -0.1) is 0 Å². The van der Waals surface area contributed by atoms with Crippen LogP contribution in [-0.4, -0.2) is 26.1 Å². The van der Waals surface area contributed by atoms with Crippen LogP contribution >= 0.6 is 11.6 Å². The molecule has 2 aromatic carbocycles. The standard InChI is InChI=1S/C18H18ClNO5/c1-4-17(21)25-12-7-5-11(6-8-12)18(22)20-14-10-15(23-2)13(19)9-16(14)24-3/h5-10H,4H2,1-3H3,(H,20,22). The van der Waals surface area contributed by atoms with Crippen molar-refractivity contribution < 1.29 is 23.8 Å². The molecular weight excluding hydrogens is 346 g/mol. The van der Waals surface area contributed by atoms with Gasteiger partial charge in [0.1, 0.15) is 17.2 Å². The summed E-state index contributed by atoms with van der Waals surface area (Å²) in [6.07, 6.45) is 0.278. The van der Waals surface area contributed by atoms with Crippen LogP contribution in [0.5, 0.6) is 17.2 Å². The van der Waals surface area contributed by atoms with E-state index in [1.54, 1.807) is 43.3 Å². The minimum absolute atomic E-state index is 0.278. The summed E-state index contributed by atoms with van der Waals surface area (Å²) in [5.41, 5.74) is 0.822. The first-order valence-electron chi connectivity index (χ1n) is 7.52. The Kier molecular flexibility index (Phi) is 6.25. The fraction of sp³-hybridized carbons (Fsp3) is 0.222. The van der Waals surface area contributed by atoms with Gasteiger partial charge in [0.25, 0.3) is 5.91 Å². The van der Waals surface area contributed by atoms with E-state index >= 15 is 0 Å². The molecule has 132 valence electrons. The van der Waals surface area contributed by atoms with Crippen molar-refractivity contribution in [3.8, 4) is 17.2 Å². The molecule has 0 fully saturated rings. The molecule has 0 spiro atoms. The van der Waals surface area contributed by atoms with Crippen molar-refractivity contribution in [3.63, 3.8) is 0 Å². The van der Waals surface area contributed by atoms with E-state index in [0.717, 1.165) is 0 Å². The number of benzene rings is 2. The molecule has 0 heterocycles. The van der Waals surface area contributed by atoms with E-state index < -0.39 is 0 Å². The maximum atomic E-state index is 12.4. The van der Waals surface area contributed by atoms with Crippen LogP contribution in [-0.2, 0) is 4.79 Å². The maximum absolute atomic E-state index is 12.4. The summed E-state index contributed by atoms with van der Waals surface area (Å²) in [6, 6.07) is 9.38. The smallest absolute Gasteiger partial charge is 0.310 e. The zero-order valence-electron chi connectivity index (χ0n) is 14.1. The molecule has 0 aliphatic rings. The van der Waals surface area contributed by atoms with E-state index in [1.165, 1.54) is 14.2 Å². The zero-order valence-corrected chi connectivity index (χ0v) is 14.8. The van der Waals surface area contributed by atoms with Crippen molar-refractivity contribution in [3.05, 3.63) is 47.0 Å². The van der Waals surface area contributed by atoms with Gasteiger partial charge in [0.2, 0.25) is 0 Å². The Morgan fingerprint density at radius 3 is 2.24 bits per heavy atom. The number of carbonyl (C=O) groups excluding carboxylic acids is 2.